The van der Waals surface area contributed by atoms with Crippen LogP contribution in [0, 0.1) is 0 Å². The first-order valence-electron chi connectivity index (χ1n) is 25.5. The van der Waals surface area contributed by atoms with Crippen LogP contribution in [0.15, 0.2) is 174 Å². The van der Waals surface area contributed by atoms with Crippen molar-refractivity contribution in [2.75, 3.05) is 0 Å². The maximum Gasteiger partial charge on any atom is 0.136 e. The molecule has 0 aliphatic carbocycles. The Bertz CT molecular complexity index is 3740. The Morgan fingerprint density at radius 2 is 0.800 bits per heavy atom. The zero-order valence-corrected chi connectivity index (χ0v) is 22.7. The minimum Gasteiger partial charge on any atom is -0.456 e. The lowest BCUT2D eigenvalue weighted by molar-refractivity contribution is 0.669. The van der Waals surface area contributed by atoms with E-state index in [-0.39, 0.29) is 43.8 Å². The van der Waals surface area contributed by atoms with Crippen LogP contribution in [0.2, 0.25) is 0 Å². The fourth-order valence-corrected chi connectivity index (χ4v) is 5.38. The van der Waals surface area contributed by atoms with Crippen molar-refractivity contribution in [3.05, 3.63) is 169 Å². The van der Waals surface area contributed by atoms with Crippen LogP contribution in [-0.2, 0) is 0 Å². The first kappa shape index (κ1) is 11.2. The van der Waals surface area contributed by atoms with Crippen molar-refractivity contribution in [3.8, 4) is 44.5 Å². The quantitative estimate of drug-likeness (QED) is 0.184. The molecule has 1 aromatic heterocycles. The Morgan fingerprint density at radius 3 is 1.42 bits per heavy atom. The maximum absolute atomic E-state index is 9.28. The lowest BCUT2D eigenvalue weighted by Gasteiger charge is -2.18. The number of fused-ring (bicyclic) bond motifs is 5. The minimum atomic E-state index is -0.813. The van der Waals surface area contributed by atoms with E-state index in [9.17, 15) is 4.11 Å². The summed E-state index contributed by atoms with van der Waals surface area (Å²) in [7, 11) is 0. The molecule has 0 radical (unpaired) electrons. The van der Waals surface area contributed by atoms with E-state index in [1.165, 1.54) is 24.3 Å². The third-order valence-corrected chi connectivity index (χ3v) is 7.35. The van der Waals surface area contributed by atoms with Gasteiger partial charge >= 0.3 is 0 Å². The molecular weight excluding hydrogens is 544 g/mol. The Hall–Kier alpha value is -5.92. The third kappa shape index (κ3) is 4.24. The van der Waals surface area contributed by atoms with Crippen molar-refractivity contribution in [1.82, 2.24) is 0 Å². The van der Waals surface area contributed by atoms with E-state index >= 15 is 0 Å². The summed E-state index contributed by atoms with van der Waals surface area (Å²) < 4.78 is 216. The predicted molar refractivity (Wildman–Crippen MR) is 190 cm³/mol. The summed E-state index contributed by atoms with van der Waals surface area (Å²) in [5, 5.41) is -2.11. The highest BCUT2D eigenvalue weighted by Gasteiger charge is 2.16. The van der Waals surface area contributed by atoms with Crippen LogP contribution in [0.1, 0.15) is 32.9 Å². The first-order valence-corrected chi connectivity index (χ1v) is 13.5. The average Bonchev–Trinajstić information content (AvgIpc) is 3.75. The van der Waals surface area contributed by atoms with Crippen molar-refractivity contribution in [1.29, 1.82) is 0 Å². The fraction of sp³-hybridized carbons (Fsp3) is 0. The second kappa shape index (κ2) is 10.4. The lowest BCUT2D eigenvalue weighted by atomic mass is 9.86. The second-order valence-corrected chi connectivity index (χ2v) is 9.84. The first-order chi connectivity index (χ1) is 32.3. The van der Waals surface area contributed by atoms with Gasteiger partial charge in [0.05, 0.1) is 32.9 Å². The van der Waals surface area contributed by atoms with Gasteiger partial charge in [0.25, 0.3) is 0 Å². The Kier molecular flexibility index (Phi) is 2.58. The van der Waals surface area contributed by atoms with Crippen molar-refractivity contribution >= 4 is 43.5 Å². The molecule has 9 rings (SSSR count). The topological polar surface area (TPSA) is 13.1 Å². The zero-order chi connectivity index (χ0) is 50.6. The molecule has 0 atom stereocenters. The second-order valence-electron chi connectivity index (χ2n) is 9.84. The van der Waals surface area contributed by atoms with Crippen LogP contribution in [0.4, 0.5) is 0 Å². The van der Waals surface area contributed by atoms with Gasteiger partial charge in [0.15, 0.2) is 0 Å². The molecule has 0 amide bonds. The van der Waals surface area contributed by atoms with Crippen molar-refractivity contribution in [2.24, 2.45) is 0 Å². The van der Waals surface area contributed by atoms with Gasteiger partial charge in [-0.3, -0.25) is 0 Å². The van der Waals surface area contributed by atoms with Crippen LogP contribution >= 0.6 is 0 Å². The smallest absolute Gasteiger partial charge is 0.136 e. The highest BCUT2D eigenvalue weighted by Crippen LogP contribution is 2.44. The summed E-state index contributed by atoms with van der Waals surface area (Å²) in [6.07, 6.45) is 0. The van der Waals surface area contributed by atoms with Gasteiger partial charge in [-0.1, -0.05) is 145 Å². The van der Waals surface area contributed by atoms with Crippen LogP contribution in [-0.4, -0.2) is 0 Å². The minimum absolute atomic E-state index is 0.0613. The zero-order valence-electron chi connectivity index (χ0n) is 46.7. The molecule has 210 valence electrons. The third-order valence-electron chi connectivity index (χ3n) is 7.35. The van der Waals surface area contributed by atoms with E-state index in [0.717, 1.165) is 0 Å². The Balaban J connectivity index is 1.35. The van der Waals surface area contributed by atoms with E-state index < -0.39 is 189 Å². The highest BCUT2D eigenvalue weighted by atomic mass is 16.3. The molecule has 8 aromatic carbocycles. The van der Waals surface area contributed by atoms with Gasteiger partial charge in [0, 0.05) is 10.8 Å². The van der Waals surface area contributed by atoms with Gasteiger partial charge in [-0.15, -0.1) is 0 Å². The van der Waals surface area contributed by atoms with E-state index in [1.807, 2.05) is 0 Å². The Morgan fingerprint density at radius 1 is 0.311 bits per heavy atom. The molecule has 45 heavy (non-hydrogen) atoms. The molecule has 9 aromatic rings. The molecule has 0 spiro atoms. The molecule has 0 aliphatic heterocycles. The standard InChI is InChI=1S/C44H28O/c1-3-11-29(12-4-1)33-24-26-41-40(27-33)35-25-23-34(28-42(35)45-41)30-19-21-32(22-20-30)44-38-17-9-7-15-36(38)43(31-13-5-2-6-14-31)37-16-8-10-18-39(37)44/h1-28H/i1D,2D,3D,4D,5D,6D,7D,8D,9D,10D,11D,12D,13D,14D,15D,16D,17D,18D,23D,24D,25D,26D,27D,28D. The number of hydrogen-bond donors (Lipinski definition) is 0. The molecule has 0 N–H and O–H groups in total. The van der Waals surface area contributed by atoms with Gasteiger partial charge in [0.1, 0.15) is 11.2 Å². The summed E-state index contributed by atoms with van der Waals surface area (Å²) in [5.74, 6) is 0. The molecule has 0 saturated heterocycles. The summed E-state index contributed by atoms with van der Waals surface area (Å²) in [6, 6.07) is -12.1. The Labute approximate surface area is 295 Å². The van der Waals surface area contributed by atoms with Crippen molar-refractivity contribution < 1.29 is 37.3 Å². The number of furan rings is 1. The average molecular weight is 597 g/mol. The van der Waals surface area contributed by atoms with E-state index in [0.29, 0.717) is 0 Å². The fourth-order valence-electron chi connectivity index (χ4n) is 5.38. The van der Waals surface area contributed by atoms with Crippen LogP contribution in [0.3, 0.4) is 0 Å². The lowest BCUT2D eigenvalue weighted by Crippen LogP contribution is -1.90. The molecule has 1 heterocycles. The predicted octanol–water partition coefficient (Wildman–Crippen LogP) is 12.6. The highest BCUT2D eigenvalue weighted by molar-refractivity contribution is 6.21. The number of rotatable bonds is 4. The van der Waals surface area contributed by atoms with Crippen LogP contribution in [0.25, 0.3) is 88.0 Å². The molecule has 1 heteroatoms. The van der Waals surface area contributed by atoms with E-state index in [2.05, 4.69) is 0 Å². The monoisotopic (exact) mass is 596 g/mol. The number of hydrogen-bond acceptors (Lipinski definition) is 1. The molecule has 0 aliphatic rings. The molecule has 0 bridgehead atoms. The summed E-state index contributed by atoms with van der Waals surface area (Å²) in [6.45, 7) is 0. The SMILES string of the molecule is [2H]c1c([2H])c([2H])c(-c2c([2H])c([2H])c3oc4c([2H])c(-c5ccc(-c6c7c([2H])c([2H])c([2H])c([2H])c7c(-c7c([2H])c([2H])c([2H])c([2H])c7[2H])c7c([2H])c([2H])c([2H])c([2H])c67)cc5)c([2H])c([2H])c4c3c2[2H])c([2H])c1[2H]. The van der Waals surface area contributed by atoms with E-state index in [1.54, 1.807) is 0 Å². The van der Waals surface area contributed by atoms with Gasteiger partial charge in [-0.25, -0.2) is 0 Å². The largest absolute Gasteiger partial charge is 0.456 e. The molecular formula is C44H28O. The van der Waals surface area contributed by atoms with Crippen molar-refractivity contribution in [3.63, 3.8) is 0 Å². The van der Waals surface area contributed by atoms with Crippen LogP contribution in [0.5, 0.6) is 0 Å². The van der Waals surface area contributed by atoms with Gasteiger partial charge in [-0.05, 0) is 90.2 Å². The maximum atomic E-state index is 9.28. The molecule has 0 unspecified atom stereocenters. The van der Waals surface area contributed by atoms with Crippen molar-refractivity contribution in [2.45, 2.75) is 0 Å². The molecule has 1 nitrogen and oxygen atoms in total. The van der Waals surface area contributed by atoms with Gasteiger partial charge in [-0.2, -0.15) is 0 Å². The van der Waals surface area contributed by atoms with Gasteiger partial charge in [0.2, 0.25) is 0 Å². The molecule has 0 saturated carbocycles. The summed E-state index contributed by atoms with van der Waals surface area (Å²) >= 11 is 0. The summed E-state index contributed by atoms with van der Waals surface area (Å²) in [5.41, 5.74) is -3.18. The summed E-state index contributed by atoms with van der Waals surface area (Å²) in [4.78, 5) is 0. The van der Waals surface area contributed by atoms with Gasteiger partial charge < -0.3 is 4.42 Å². The van der Waals surface area contributed by atoms with E-state index in [4.69, 9.17) is 33.2 Å². The number of benzene rings is 8. The molecule has 0 fully saturated rings. The van der Waals surface area contributed by atoms with Crippen LogP contribution < -0.4 is 0 Å². The normalized spacial score (nSPS) is 19.0.